The number of amides is 1. The first-order chi connectivity index (χ1) is 11.2. The Morgan fingerprint density at radius 3 is 2.62 bits per heavy atom. The van der Waals surface area contributed by atoms with E-state index in [0.717, 1.165) is 16.1 Å². The highest BCUT2D eigenvalue weighted by atomic mass is 79.9. The molecule has 0 aromatic heterocycles. The van der Waals surface area contributed by atoms with Crippen molar-refractivity contribution < 1.29 is 18.0 Å². The van der Waals surface area contributed by atoms with Crippen LogP contribution in [0.1, 0.15) is 23.1 Å². The first-order valence-corrected chi connectivity index (χ1v) is 7.88. The summed E-state index contributed by atoms with van der Waals surface area (Å²) in [5.74, 6) is -0.399. The van der Waals surface area contributed by atoms with Gasteiger partial charge in [0.1, 0.15) is 0 Å². The number of nitrogens with one attached hydrogen (secondary N) is 1. The van der Waals surface area contributed by atoms with Crippen LogP contribution in [-0.4, -0.2) is 11.6 Å². The summed E-state index contributed by atoms with van der Waals surface area (Å²) in [5, 5.41) is 2.51. The van der Waals surface area contributed by atoms with Crippen LogP contribution in [0.25, 0.3) is 0 Å². The number of aliphatic imine (C=N–C) groups is 1. The number of carbonyl (C=O) groups excluding carboxylic acids is 1. The molecule has 24 heavy (non-hydrogen) atoms. The number of alkyl halides is 3. The van der Waals surface area contributed by atoms with E-state index in [4.69, 9.17) is 0 Å². The SMILES string of the molecule is Cc1cc2c(cc1C(F)(F)F)NC(=O)CC(c1cccc(Br)c1)=N2. The number of nitrogens with zero attached hydrogens (tertiary/aromatic N) is 1. The van der Waals surface area contributed by atoms with Gasteiger partial charge >= 0.3 is 6.18 Å². The highest BCUT2D eigenvalue weighted by molar-refractivity contribution is 9.10. The third kappa shape index (κ3) is 3.36. The molecule has 3 nitrogen and oxygen atoms in total. The van der Waals surface area contributed by atoms with Crippen LogP contribution >= 0.6 is 15.9 Å². The molecule has 2 aromatic rings. The highest BCUT2D eigenvalue weighted by Crippen LogP contribution is 2.39. The molecular formula is C17H12BrF3N2O. The van der Waals surface area contributed by atoms with Crippen molar-refractivity contribution in [2.24, 2.45) is 4.99 Å². The summed E-state index contributed by atoms with van der Waals surface area (Å²) in [6, 6.07) is 9.56. The molecule has 0 saturated heterocycles. The lowest BCUT2D eigenvalue weighted by atomic mass is 10.1. The highest BCUT2D eigenvalue weighted by Gasteiger charge is 2.33. The molecule has 124 valence electrons. The number of rotatable bonds is 1. The molecule has 1 aliphatic rings. The van der Waals surface area contributed by atoms with Crippen molar-refractivity contribution in [2.45, 2.75) is 19.5 Å². The minimum Gasteiger partial charge on any atom is -0.324 e. The van der Waals surface area contributed by atoms with Crippen molar-refractivity contribution >= 4 is 38.9 Å². The van der Waals surface area contributed by atoms with Crippen LogP contribution in [-0.2, 0) is 11.0 Å². The average molecular weight is 397 g/mol. The molecule has 0 aliphatic carbocycles. The Morgan fingerprint density at radius 2 is 1.96 bits per heavy atom. The molecule has 0 spiro atoms. The number of fused-ring (bicyclic) bond motifs is 1. The molecule has 0 radical (unpaired) electrons. The first kappa shape index (κ1) is 16.7. The Balaban J connectivity index is 2.14. The number of hydrogen-bond donors (Lipinski definition) is 1. The summed E-state index contributed by atoms with van der Waals surface area (Å²) in [6.07, 6.45) is -4.49. The lowest BCUT2D eigenvalue weighted by Crippen LogP contribution is -2.15. The Morgan fingerprint density at radius 1 is 1.21 bits per heavy atom. The van der Waals surface area contributed by atoms with Gasteiger partial charge in [0.05, 0.1) is 29.1 Å². The van der Waals surface area contributed by atoms with E-state index in [9.17, 15) is 18.0 Å². The second kappa shape index (κ2) is 6.05. The Labute approximate surface area is 144 Å². The van der Waals surface area contributed by atoms with Gasteiger partial charge in [-0.2, -0.15) is 13.2 Å². The zero-order chi connectivity index (χ0) is 17.5. The van der Waals surface area contributed by atoms with E-state index in [1.54, 1.807) is 6.07 Å². The third-order valence-corrected chi connectivity index (χ3v) is 4.16. The fourth-order valence-corrected chi connectivity index (χ4v) is 2.96. The fourth-order valence-electron chi connectivity index (χ4n) is 2.56. The van der Waals surface area contributed by atoms with Crippen molar-refractivity contribution in [3.8, 4) is 0 Å². The minimum atomic E-state index is -4.48. The maximum atomic E-state index is 13.0. The fraction of sp³-hybridized carbons (Fsp3) is 0.176. The van der Waals surface area contributed by atoms with Gasteiger partial charge in [0.25, 0.3) is 0 Å². The second-order valence-electron chi connectivity index (χ2n) is 5.48. The van der Waals surface area contributed by atoms with E-state index in [2.05, 4.69) is 26.2 Å². The van der Waals surface area contributed by atoms with Crippen molar-refractivity contribution in [1.82, 2.24) is 0 Å². The number of halogens is 4. The van der Waals surface area contributed by atoms with Crippen molar-refractivity contribution in [1.29, 1.82) is 0 Å². The van der Waals surface area contributed by atoms with Gasteiger partial charge in [-0.25, -0.2) is 0 Å². The first-order valence-electron chi connectivity index (χ1n) is 7.09. The molecule has 1 heterocycles. The summed E-state index contributed by atoms with van der Waals surface area (Å²) >= 11 is 3.36. The summed E-state index contributed by atoms with van der Waals surface area (Å²) in [6.45, 7) is 1.38. The zero-order valence-electron chi connectivity index (χ0n) is 12.5. The van der Waals surface area contributed by atoms with E-state index in [0.29, 0.717) is 11.4 Å². The molecule has 2 aromatic carbocycles. The van der Waals surface area contributed by atoms with Gasteiger partial charge in [0.15, 0.2) is 0 Å². The summed E-state index contributed by atoms with van der Waals surface area (Å²) < 4.78 is 40.0. The monoisotopic (exact) mass is 396 g/mol. The van der Waals surface area contributed by atoms with E-state index in [-0.39, 0.29) is 17.7 Å². The van der Waals surface area contributed by atoms with E-state index < -0.39 is 17.6 Å². The van der Waals surface area contributed by atoms with Crippen LogP contribution in [0.2, 0.25) is 0 Å². The molecule has 0 bridgehead atoms. The Kier molecular flexibility index (Phi) is 4.21. The standard InChI is InChI=1S/C17H12BrF3N2O/c1-9-5-14-15(7-12(9)17(19,20)21)23-16(24)8-13(22-14)10-3-2-4-11(18)6-10/h2-7H,8H2,1H3,(H,23,24). The number of carbonyl (C=O) groups is 1. The predicted octanol–water partition coefficient (Wildman–Crippen LogP) is 5.24. The van der Waals surface area contributed by atoms with Crippen molar-refractivity contribution in [3.63, 3.8) is 0 Å². The smallest absolute Gasteiger partial charge is 0.324 e. The average Bonchev–Trinajstić information content (AvgIpc) is 2.63. The molecule has 1 aliphatic heterocycles. The molecular weight excluding hydrogens is 385 g/mol. The van der Waals surface area contributed by atoms with E-state index in [1.165, 1.54) is 13.0 Å². The number of benzene rings is 2. The lowest BCUT2D eigenvalue weighted by Gasteiger charge is -2.13. The van der Waals surface area contributed by atoms with Crippen LogP contribution in [0.3, 0.4) is 0 Å². The van der Waals surface area contributed by atoms with Crippen molar-refractivity contribution in [3.05, 3.63) is 57.6 Å². The number of anilines is 1. The summed E-state index contributed by atoms with van der Waals surface area (Å²) in [4.78, 5) is 16.5. The number of aryl methyl sites for hydroxylation is 1. The third-order valence-electron chi connectivity index (χ3n) is 3.66. The normalized spacial score (nSPS) is 14.5. The zero-order valence-corrected chi connectivity index (χ0v) is 14.1. The van der Waals surface area contributed by atoms with E-state index in [1.807, 2.05) is 18.2 Å². The maximum Gasteiger partial charge on any atom is 0.416 e. The largest absolute Gasteiger partial charge is 0.416 e. The molecule has 0 atom stereocenters. The molecule has 1 N–H and O–H groups in total. The summed E-state index contributed by atoms with van der Waals surface area (Å²) in [5.41, 5.74) is 0.929. The molecule has 7 heteroatoms. The topological polar surface area (TPSA) is 41.5 Å². The van der Waals surface area contributed by atoms with Gasteiger partial charge in [-0.05, 0) is 42.3 Å². The van der Waals surface area contributed by atoms with Gasteiger partial charge < -0.3 is 5.32 Å². The van der Waals surface area contributed by atoms with Crippen LogP contribution in [0.4, 0.5) is 24.5 Å². The van der Waals surface area contributed by atoms with Crippen LogP contribution in [0.15, 0.2) is 45.9 Å². The summed E-state index contributed by atoms with van der Waals surface area (Å²) in [7, 11) is 0. The predicted molar refractivity (Wildman–Crippen MR) is 89.8 cm³/mol. The number of hydrogen-bond acceptors (Lipinski definition) is 2. The van der Waals surface area contributed by atoms with Crippen LogP contribution in [0.5, 0.6) is 0 Å². The molecule has 0 fully saturated rings. The van der Waals surface area contributed by atoms with Gasteiger partial charge in [0, 0.05) is 4.47 Å². The van der Waals surface area contributed by atoms with Gasteiger partial charge in [0.2, 0.25) is 5.91 Å². The van der Waals surface area contributed by atoms with Crippen LogP contribution in [0, 0.1) is 6.92 Å². The molecule has 0 unspecified atom stereocenters. The van der Waals surface area contributed by atoms with Crippen LogP contribution < -0.4 is 5.32 Å². The van der Waals surface area contributed by atoms with Gasteiger partial charge in [-0.15, -0.1) is 0 Å². The Hall–Kier alpha value is -2.15. The van der Waals surface area contributed by atoms with Gasteiger partial charge in [-0.1, -0.05) is 28.1 Å². The molecule has 3 rings (SSSR count). The quantitative estimate of drug-likeness (QED) is 0.703. The second-order valence-corrected chi connectivity index (χ2v) is 6.39. The molecule has 0 saturated carbocycles. The Bertz CT molecular complexity index is 859. The maximum absolute atomic E-state index is 13.0. The van der Waals surface area contributed by atoms with Gasteiger partial charge in [-0.3, -0.25) is 9.79 Å². The minimum absolute atomic E-state index is 0.00840. The molecule has 1 amide bonds. The van der Waals surface area contributed by atoms with Crippen molar-refractivity contribution in [2.75, 3.05) is 5.32 Å². The van der Waals surface area contributed by atoms with E-state index >= 15 is 0 Å². The lowest BCUT2D eigenvalue weighted by molar-refractivity contribution is -0.138.